The van der Waals surface area contributed by atoms with Crippen LogP contribution in [-0.2, 0) is 9.47 Å². The Morgan fingerprint density at radius 3 is 2.06 bits per heavy atom. The monoisotopic (exact) mass is 251 g/mol. The molecule has 1 aromatic rings. The molecule has 0 aliphatic heterocycles. The maximum atomic E-state index is 6.10. The van der Waals surface area contributed by atoms with Crippen LogP contribution in [0.4, 0.5) is 0 Å². The van der Waals surface area contributed by atoms with Crippen molar-refractivity contribution in [3.8, 4) is 0 Å². The van der Waals surface area contributed by atoms with Crippen molar-refractivity contribution in [3.63, 3.8) is 0 Å². The molecule has 1 aromatic carbocycles. The second kappa shape index (κ2) is 7.52. The van der Waals surface area contributed by atoms with Crippen molar-refractivity contribution in [2.45, 2.75) is 38.8 Å². The quantitative estimate of drug-likeness (QED) is 0.810. The smallest absolute Gasteiger partial charge is 0.0781 e. The maximum absolute atomic E-state index is 6.10. The summed E-state index contributed by atoms with van der Waals surface area (Å²) in [4.78, 5) is 0. The Morgan fingerprint density at radius 2 is 1.56 bits per heavy atom. The Hall–Kier alpha value is -0.900. The predicted octanol–water partition coefficient (Wildman–Crippen LogP) is 2.86. The van der Waals surface area contributed by atoms with Gasteiger partial charge in [-0.25, -0.2) is 0 Å². The van der Waals surface area contributed by atoms with Crippen molar-refractivity contribution >= 4 is 0 Å². The van der Waals surface area contributed by atoms with Gasteiger partial charge in [-0.3, -0.25) is 0 Å². The fourth-order valence-corrected chi connectivity index (χ4v) is 1.78. The molecule has 0 saturated heterocycles. The van der Waals surface area contributed by atoms with E-state index in [-0.39, 0.29) is 12.1 Å². The Balaban J connectivity index is 2.48. The maximum Gasteiger partial charge on any atom is 0.0781 e. The van der Waals surface area contributed by atoms with E-state index in [1.807, 2.05) is 6.92 Å². The summed E-state index contributed by atoms with van der Waals surface area (Å²) < 4.78 is 10.6. The van der Waals surface area contributed by atoms with Gasteiger partial charge in [-0.1, -0.05) is 38.1 Å². The highest BCUT2D eigenvalue weighted by Gasteiger charge is 2.09. The van der Waals surface area contributed by atoms with Crippen LogP contribution in [0.15, 0.2) is 24.3 Å². The van der Waals surface area contributed by atoms with Gasteiger partial charge in [0, 0.05) is 7.11 Å². The molecule has 2 atom stereocenters. The SMILES string of the molecule is COCC(C)OCC(N)c1ccc(C(C)C)cc1. The third-order valence-corrected chi connectivity index (χ3v) is 2.99. The van der Waals surface area contributed by atoms with Gasteiger partial charge < -0.3 is 15.2 Å². The zero-order valence-electron chi connectivity index (χ0n) is 11.8. The van der Waals surface area contributed by atoms with Crippen LogP contribution in [0.5, 0.6) is 0 Å². The summed E-state index contributed by atoms with van der Waals surface area (Å²) in [5, 5.41) is 0. The molecule has 0 spiro atoms. The fraction of sp³-hybridized carbons (Fsp3) is 0.600. The molecule has 0 heterocycles. The average Bonchev–Trinajstić information content (AvgIpc) is 2.36. The predicted molar refractivity (Wildman–Crippen MR) is 74.7 cm³/mol. The number of nitrogens with two attached hydrogens (primary N) is 1. The van der Waals surface area contributed by atoms with E-state index in [0.29, 0.717) is 19.1 Å². The molecule has 3 heteroatoms. The minimum Gasteiger partial charge on any atom is -0.382 e. The molecule has 0 amide bonds. The van der Waals surface area contributed by atoms with Crippen molar-refractivity contribution in [2.75, 3.05) is 20.3 Å². The van der Waals surface area contributed by atoms with E-state index in [1.54, 1.807) is 7.11 Å². The number of methoxy groups -OCH3 is 1. The minimum atomic E-state index is -0.0782. The molecule has 2 unspecified atom stereocenters. The first kappa shape index (κ1) is 15.2. The summed E-state index contributed by atoms with van der Waals surface area (Å²) in [6.07, 6.45) is 0.0796. The van der Waals surface area contributed by atoms with Gasteiger partial charge in [-0.05, 0) is 24.0 Å². The molecular weight excluding hydrogens is 226 g/mol. The van der Waals surface area contributed by atoms with Crippen molar-refractivity contribution in [1.82, 2.24) is 0 Å². The van der Waals surface area contributed by atoms with Gasteiger partial charge in [0.2, 0.25) is 0 Å². The average molecular weight is 251 g/mol. The highest BCUT2D eigenvalue weighted by atomic mass is 16.5. The molecule has 2 N–H and O–H groups in total. The van der Waals surface area contributed by atoms with Crippen LogP contribution >= 0.6 is 0 Å². The molecular formula is C15H25NO2. The van der Waals surface area contributed by atoms with Gasteiger partial charge in [0.15, 0.2) is 0 Å². The van der Waals surface area contributed by atoms with Gasteiger partial charge in [0.1, 0.15) is 0 Å². The summed E-state index contributed by atoms with van der Waals surface area (Å²) in [5.74, 6) is 0.549. The Morgan fingerprint density at radius 1 is 1.00 bits per heavy atom. The lowest BCUT2D eigenvalue weighted by Gasteiger charge is -2.17. The van der Waals surface area contributed by atoms with Gasteiger partial charge in [0.05, 0.1) is 25.4 Å². The third kappa shape index (κ3) is 4.77. The van der Waals surface area contributed by atoms with Crippen LogP contribution in [0.1, 0.15) is 43.9 Å². The summed E-state index contributed by atoms with van der Waals surface area (Å²) in [5.41, 5.74) is 8.55. The van der Waals surface area contributed by atoms with E-state index in [2.05, 4.69) is 38.1 Å². The first-order valence-corrected chi connectivity index (χ1v) is 6.50. The Bertz CT molecular complexity index is 335. The van der Waals surface area contributed by atoms with Crippen LogP contribution in [0, 0.1) is 0 Å². The highest BCUT2D eigenvalue weighted by Crippen LogP contribution is 2.18. The van der Waals surface area contributed by atoms with Crippen LogP contribution in [0.2, 0.25) is 0 Å². The van der Waals surface area contributed by atoms with E-state index in [0.717, 1.165) is 5.56 Å². The standard InChI is InChI=1S/C15H25NO2/c1-11(2)13-5-7-14(8-6-13)15(16)10-18-12(3)9-17-4/h5-8,11-12,15H,9-10,16H2,1-4H3. The normalized spacial score (nSPS) is 14.8. The van der Waals surface area contributed by atoms with Crippen molar-refractivity contribution < 1.29 is 9.47 Å². The molecule has 0 radical (unpaired) electrons. The van der Waals surface area contributed by atoms with Gasteiger partial charge in [-0.2, -0.15) is 0 Å². The molecule has 102 valence electrons. The molecule has 1 rings (SSSR count). The zero-order chi connectivity index (χ0) is 13.5. The second-order valence-electron chi connectivity index (χ2n) is 5.03. The Kier molecular flexibility index (Phi) is 6.33. The van der Waals surface area contributed by atoms with Crippen LogP contribution in [0.3, 0.4) is 0 Å². The molecule has 0 aliphatic carbocycles. The van der Waals surface area contributed by atoms with Crippen LogP contribution < -0.4 is 5.73 Å². The van der Waals surface area contributed by atoms with Crippen LogP contribution in [0.25, 0.3) is 0 Å². The number of hydrogen-bond acceptors (Lipinski definition) is 3. The first-order chi connectivity index (χ1) is 8.54. The largest absolute Gasteiger partial charge is 0.382 e. The number of hydrogen-bond donors (Lipinski definition) is 1. The number of benzene rings is 1. The first-order valence-electron chi connectivity index (χ1n) is 6.50. The van der Waals surface area contributed by atoms with E-state index in [4.69, 9.17) is 15.2 Å². The van der Waals surface area contributed by atoms with E-state index in [1.165, 1.54) is 5.56 Å². The summed E-state index contributed by atoms with van der Waals surface area (Å²) >= 11 is 0. The molecule has 3 nitrogen and oxygen atoms in total. The zero-order valence-corrected chi connectivity index (χ0v) is 11.8. The van der Waals surface area contributed by atoms with Gasteiger partial charge in [0.25, 0.3) is 0 Å². The molecule has 0 fully saturated rings. The van der Waals surface area contributed by atoms with Crippen molar-refractivity contribution in [3.05, 3.63) is 35.4 Å². The van der Waals surface area contributed by atoms with E-state index >= 15 is 0 Å². The van der Waals surface area contributed by atoms with E-state index in [9.17, 15) is 0 Å². The van der Waals surface area contributed by atoms with Crippen molar-refractivity contribution in [2.24, 2.45) is 5.73 Å². The molecule has 0 saturated carbocycles. The highest BCUT2D eigenvalue weighted by molar-refractivity contribution is 5.26. The lowest BCUT2D eigenvalue weighted by atomic mass is 9.99. The summed E-state index contributed by atoms with van der Waals surface area (Å²) in [7, 11) is 1.67. The van der Waals surface area contributed by atoms with Crippen molar-refractivity contribution in [1.29, 1.82) is 0 Å². The minimum absolute atomic E-state index is 0.0782. The third-order valence-electron chi connectivity index (χ3n) is 2.99. The fourth-order valence-electron chi connectivity index (χ4n) is 1.78. The lowest BCUT2D eigenvalue weighted by Crippen LogP contribution is -2.23. The summed E-state index contributed by atoms with van der Waals surface area (Å²) in [6, 6.07) is 8.37. The van der Waals surface area contributed by atoms with Gasteiger partial charge in [-0.15, -0.1) is 0 Å². The van der Waals surface area contributed by atoms with Crippen LogP contribution in [-0.4, -0.2) is 26.4 Å². The second-order valence-corrected chi connectivity index (χ2v) is 5.03. The Labute approximate surface area is 110 Å². The molecule has 0 aromatic heterocycles. The topological polar surface area (TPSA) is 44.5 Å². The molecule has 0 aliphatic rings. The summed E-state index contributed by atoms with van der Waals surface area (Å²) in [6.45, 7) is 7.47. The van der Waals surface area contributed by atoms with Gasteiger partial charge >= 0.3 is 0 Å². The lowest BCUT2D eigenvalue weighted by molar-refractivity contribution is 0.00328. The molecule has 18 heavy (non-hydrogen) atoms. The molecule has 0 bridgehead atoms. The number of ether oxygens (including phenoxy) is 2. The van der Waals surface area contributed by atoms with E-state index < -0.39 is 0 Å². The number of rotatable bonds is 7.